The minimum Gasteiger partial charge on any atom is -0.115 e. The molecule has 0 fully saturated rings. The molecule has 0 aliphatic carbocycles. The van der Waals surface area contributed by atoms with Gasteiger partial charge in [-0.1, -0.05) is 38.0 Å². The number of rotatable bonds is 3. The first kappa shape index (κ1) is 8.04. The minimum absolute atomic E-state index is 0.989. The molecule has 9 heavy (non-hydrogen) atoms. The summed E-state index contributed by atoms with van der Waals surface area (Å²) in [5.74, 6) is 2.59. The highest BCUT2D eigenvalue weighted by Crippen LogP contribution is 2.01. The fraction of sp³-hybridized carbons (Fsp3) is 0.333. The summed E-state index contributed by atoms with van der Waals surface area (Å²) in [4.78, 5) is 0. The molecular formula is C9H12. The van der Waals surface area contributed by atoms with Crippen LogP contribution in [0.1, 0.15) is 19.8 Å². The largest absolute Gasteiger partial charge is 0.115 e. The Kier molecular flexibility index (Phi) is 4.63. The van der Waals surface area contributed by atoms with Crippen LogP contribution in [0.5, 0.6) is 0 Å². The van der Waals surface area contributed by atoms with Crippen molar-refractivity contribution in [2.45, 2.75) is 19.8 Å². The molecule has 0 nitrogen and oxygen atoms in total. The molecule has 0 aromatic rings. The molecule has 0 heterocycles. The molecule has 0 spiro atoms. The maximum absolute atomic E-state index is 5.18. The van der Waals surface area contributed by atoms with Crippen molar-refractivity contribution in [3.8, 4) is 12.3 Å². The molecule has 0 aliphatic rings. The van der Waals surface area contributed by atoms with Gasteiger partial charge in [-0.25, -0.2) is 0 Å². The summed E-state index contributed by atoms with van der Waals surface area (Å²) >= 11 is 0. The minimum atomic E-state index is 0.989. The highest BCUT2D eigenvalue weighted by atomic mass is 13.9. The van der Waals surface area contributed by atoms with E-state index in [2.05, 4.69) is 19.4 Å². The van der Waals surface area contributed by atoms with E-state index in [0.717, 1.165) is 18.4 Å². The zero-order chi connectivity index (χ0) is 7.11. The van der Waals surface area contributed by atoms with Crippen molar-refractivity contribution in [3.63, 3.8) is 0 Å². The van der Waals surface area contributed by atoms with Gasteiger partial charge in [0.25, 0.3) is 0 Å². The Balaban J connectivity index is 3.85. The number of terminal acetylenes is 1. The van der Waals surface area contributed by atoms with E-state index in [1.165, 1.54) is 0 Å². The Morgan fingerprint density at radius 1 is 1.78 bits per heavy atom. The first-order valence-corrected chi connectivity index (χ1v) is 3.13. The van der Waals surface area contributed by atoms with Gasteiger partial charge in [0.15, 0.2) is 0 Å². The quantitative estimate of drug-likeness (QED) is 0.396. The zero-order valence-electron chi connectivity index (χ0n) is 5.85. The van der Waals surface area contributed by atoms with Gasteiger partial charge in [-0.05, 0) is 6.42 Å². The van der Waals surface area contributed by atoms with Crippen LogP contribution in [-0.4, -0.2) is 0 Å². The highest BCUT2D eigenvalue weighted by molar-refractivity contribution is 5.28. The standard InChI is InChI=1S/C9H12/c1-4-7-9(6-3)8-5-2/h3-4,7H,1,5,8H2,2H3. The fourth-order valence-electron chi connectivity index (χ4n) is 0.615. The summed E-state index contributed by atoms with van der Waals surface area (Å²) in [5, 5.41) is 0. The van der Waals surface area contributed by atoms with Gasteiger partial charge in [0.05, 0.1) is 0 Å². The molecule has 0 rings (SSSR count). The molecule has 0 aliphatic heterocycles. The fourth-order valence-corrected chi connectivity index (χ4v) is 0.615. The zero-order valence-corrected chi connectivity index (χ0v) is 5.85. The smallest absolute Gasteiger partial charge is 0.00173 e. The van der Waals surface area contributed by atoms with E-state index in [4.69, 9.17) is 6.42 Å². The first-order chi connectivity index (χ1) is 4.35. The van der Waals surface area contributed by atoms with Gasteiger partial charge in [0.2, 0.25) is 0 Å². The molecule has 0 aromatic carbocycles. The van der Waals surface area contributed by atoms with Crippen LogP contribution < -0.4 is 0 Å². The van der Waals surface area contributed by atoms with Gasteiger partial charge in [-0.3, -0.25) is 0 Å². The second-order valence-electron chi connectivity index (χ2n) is 1.82. The van der Waals surface area contributed by atoms with Crippen LogP contribution in [-0.2, 0) is 0 Å². The van der Waals surface area contributed by atoms with Gasteiger partial charge >= 0.3 is 0 Å². The maximum atomic E-state index is 5.18. The lowest BCUT2D eigenvalue weighted by atomic mass is 10.1. The predicted molar refractivity (Wildman–Crippen MR) is 42.0 cm³/mol. The molecule has 0 N–H and O–H groups in total. The van der Waals surface area contributed by atoms with E-state index >= 15 is 0 Å². The molecule has 48 valence electrons. The van der Waals surface area contributed by atoms with Crippen molar-refractivity contribution in [3.05, 3.63) is 24.3 Å². The van der Waals surface area contributed by atoms with Gasteiger partial charge in [0.1, 0.15) is 0 Å². The van der Waals surface area contributed by atoms with Crippen LogP contribution in [0, 0.1) is 12.3 Å². The number of hydrogen-bond donors (Lipinski definition) is 0. The Labute approximate surface area is 57.3 Å². The van der Waals surface area contributed by atoms with Crippen molar-refractivity contribution in [2.75, 3.05) is 0 Å². The average molecular weight is 120 g/mol. The van der Waals surface area contributed by atoms with E-state index < -0.39 is 0 Å². The molecule has 0 heteroatoms. The third-order valence-corrected chi connectivity index (χ3v) is 1.02. The van der Waals surface area contributed by atoms with Gasteiger partial charge < -0.3 is 0 Å². The van der Waals surface area contributed by atoms with Crippen LogP contribution in [0.2, 0.25) is 0 Å². The van der Waals surface area contributed by atoms with Gasteiger partial charge in [-0.15, -0.1) is 6.42 Å². The first-order valence-electron chi connectivity index (χ1n) is 3.13. The summed E-state index contributed by atoms with van der Waals surface area (Å²) in [7, 11) is 0. The van der Waals surface area contributed by atoms with Crippen molar-refractivity contribution in [1.29, 1.82) is 0 Å². The van der Waals surface area contributed by atoms with Crippen LogP contribution >= 0.6 is 0 Å². The van der Waals surface area contributed by atoms with E-state index in [1.54, 1.807) is 6.08 Å². The maximum Gasteiger partial charge on any atom is 0.00173 e. The third kappa shape index (κ3) is 3.61. The summed E-state index contributed by atoms with van der Waals surface area (Å²) in [6.07, 6.45) is 10.9. The van der Waals surface area contributed by atoms with Crippen LogP contribution in [0.25, 0.3) is 0 Å². The summed E-state index contributed by atoms with van der Waals surface area (Å²) in [6, 6.07) is 0. The lowest BCUT2D eigenvalue weighted by Crippen LogP contribution is -1.74. The Morgan fingerprint density at radius 2 is 2.44 bits per heavy atom. The molecule has 0 saturated carbocycles. The molecule has 0 bridgehead atoms. The van der Waals surface area contributed by atoms with Crippen molar-refractivity contribution < 1.29 is 0 Å². The summed E-state index contributed by atoms with van der Waals surface area (Å²) in [5.41, 5.74) is 1.03. The van der Waals surface area contributed by atoms with Crippen LogP contribution in [0.15, 0.2) is 24.3 Å². The van der Waals surface area contributed by atoms with Crippen LogP contribution in [0.3, 0.4) is 0 Å². The molecule has 0 atom stereocenters. The monoisotopic (exact) mass is 120 g/mol. The second-order valence-corrected chi connectivity index (χ2v) is 1.82. The number of hydrogen-bond acceptors (Lipinski definition) is 0. The van der Waals surface area contributed by atoms with E-state index in [1.807, 2.05) is 6.08 Å². The molecule has 0 amide bonds. The number of allylic oxidation sites excluding steroid dienone is 3. The molecule has 0 radical (unpaired) electrons. The molecular weight excluding hydrogens is 108 g/mol. The summed E-state index contributed by atoms with van der Waals surface area (Å²) < 4.78 is 0. The van der Waals surface area contributed by atoms with Gasteiger partial charge in [0, 0.05) is 5.57 Å². The molecule has 0 unspecified atom stereocenters. The van der Waals surface area contributed by atoms with E-state index in [0.29, 0.717) is 0 Å². The third-order valence-electron chi connectivity index (χ3n) is 1.02. The van der Waals surface area contributed by atoms with Crippen molar-refractivity contribution in [1.82, 2.24) is 0 Å². The molecule has 0 saturated heterocycles. The predicted octanol–water partition coefficient (Wildman–Crippen LogP) is 2.53. The SMILES string of the molecule is C#CC(=CC=C)CCC. The lowest BCUT2D eigenvalue weighted by molar-refractivity contribution is 0.933. The van der Waals surface area contributed by atoms with Crippen molar-refractivity contribution in [2.24, 2.45) is 0 Å². The molecule has 0 aromatic heterocycles. The Bertz CT molecular complexity index is 144. The highest BCUT2D eigenvalue weighted by Gasteiger charge is 1.85. The average Bonchev–Trinajstić information content (AvgIpc) is 1.88. The topological polar surface area (TPSA) is 0 Å². The van der Waals surface area contributed by atoms with Crippen molar-refractivity contribution >= 4 is 0 Å². The normalized spacial score (nSPS) is 10.4. The Morgan fingerprint density at radius 3 is 2.78 bits per heavy atom. The van der Waals surface area contributed by atoms with Crippen LogP contribution in [0.4, 0.5) is 0 Å². The van der Waals surface area contributed by atoms with E-state index in [9.17, 15) is 0 Å². The second kappa shape index (κ2) is 5.18. The Hall–Kier alpha value is -0.960. The summed E-state index contributed by atoms with van der Waals surface area (Å²) in [6.45, 7) is 5.66. The van der Waals surface area contributed by atoms with Gasteiger partial charge in [-0.2, -0.15) is 0 Å². The lowest BCUT2D eigenvalue weighted by Gasteiger charge is -1.91. The van der Waals surface area contributed by atoms with E-state index in [-0.39, 0.29) is 0 Å².